The number of fused-ring (bicyclic) bond motifs is 1. The van der Waals surface area contributed by atoms with E-state index in [0.717, 1.165) is 5.56 Å². The predicted octanol–water partition coefficient (Wildman–Crippen LogP) is 0.770. The maximum atomic E-state index is 12.7. The number of pyridine rings is 1. The van der Waals surface area contributed by atoms with Crippen LogP contribution in [0.5, 0.6) is 5.75 Å². The number of carbonyl (C=O) groups excluding carboxylic acids is 1. The first kappa shape index (κ1) is 16.4. The molecule has 3 aromatic heterocycles. The second kappa shape index (κ2) is 6.68. The third-order valence-corrected chi connectivity index (χ3v) is 4.56. The summed E-state index contributed by atoms with van der Waals surface area (Å²) in [6.45, 7) is 0. The number of rotatable bonds is 5. The van der Waals surface area contributed by atoms with Crippen LogP contribution in [0.15, 0.2) is 36.9 Å². The maximum absolute atomic E-state index is 12.7. The highest BCUT2D eigenvalue weighted by Crippen LogP contribution is 2.38. The van der Waals surface area contributed by atoms with Gasteiger partial charge in [0, 0.05) is 18.6 Å². The van der Waals surface area contributed by atoms with Gasteiger partial charge in [-0.15, -0.1) is 5.10 Å². The molecule has 0 unspecified atom stereocenters. The molecule has 0 spiro atoms. The maximum Gasteiger partial charge on any atom is 0.291 e. The molecule has 1 atom stereocenters. The largest absolute Gasteiger partial charge is 0.495 e. The molecular weight excluding hydrogens is 336 g/mol. The normalized spacial score (nSPS) is 20.4. The number of aliphatic hydroxyl groups is 1. The Morgan fingerprint density at radius 1 is 1.42 bits per heavy atom. The molecule has 9 nitrogen and oxygen atoms in total. The molecule has 1 aliphatic rings. The van der Waals surface area contributed by atoms with Gasteiger partial charge in [0.15, 0.2) is 0 Å². The fraction of sp³-hybridized carbons (Fsp3) is 0.353. The van der Waals surface area contributed by atoms with Crippen molar-refractivity contribution in [2.45, 2.75) is 25.0 Å². The van der Waals surface area contributed by atoms with Gasteiger partial charge in [-0.2, -0.15) is 4.98 Å². The van der Waals surface area contributed by atoms with E-state index >= 15 is 0 Å². The minimum absolute atomic E-state index is 0.0458. The molecule has 1 amide bonds. The van der Waals surface area contributed by atoms with Gasteiger partial charge in [-0.3, -0.25) is 9.78 Å². The third-order valence-electron chi connectivity index (χ3n) is 4.56. The van der Waals surface area contributed by atoms with Gasteiger partial charge in [0.1, 0.15) is 5.75 Å². The minimum Gasteiger partial charge on any atom is -0.495 e. The zero-order chi connectivity index (χ0) is 18.1. The Labute approximate surface area is 149 Å². The van der Waals surface area contributed by atoms with E-state index in [9.17, 15) is 9.90 Å². The molecule has 0 aliphatic heterocycles. The zero-order valence-corrected chi connectivity index (χ0v) is 14.1. The lowest BCUT2D eigenvalue weighted by Gasteiger charge is -2.38. The number of nitrogens with zero attached hydrogens (tertiary/aromatic N) is 5. The summed E-state index contributed by atoms with van der Waals surface area (Å²) >= 11 is 0. The molecule has 3 heterocycles. The van der Waals surface area contributed by atoms with Gasteiger partial charge in [0.25, 0.3) is 11.7 Å². The van der Waals surface area contributed by atoms with Crippen LogP contribution in [0, 0.1) is 5.92 Å². The molecule has 4 rings (SSSR count). The van der Waals surface area contributed by atoms with Crippen molar-refractivity contribution in [2.24, 2.45) is 5.92 Å². The van der Waals surface area contributed by atoms with Crippen molar-refractivity contribution < 1.29 is 14.6 Å². The Hall–Kier alpha value is -3.07. The Balaban J connectivity index is 1.60. The van der Waals surface area contributed by atoms with E-state index in [4.69, 9.17) is 4.74 Å². The van der Waals surface area contributed by atoms with Crippen LogP contribution in [0.3, 0.4) is 0 Å². The van der Waals surface area contributed by atoms with Gasteiger partial charge >= 0.3 is 0 Å². The molecular formula is C17H18N6O3. The van der Waals surface area contributed by atoms with Crippen LogP contribution in [0.1, 0.15) is 35.1 Å². The summed E-state index contributed by atoms with van der Waals surface area (Å²) < 4.78 is 6.67. The van der Waals surface area contributed by atoms with Gasteiger partial charge in [-0.1, -0.05) is 0 Å². The summed E-state index contributed by atoms with van der Waals surface area (Å²) in [6, 6.07) is 3.23. The Kier molecular flexibility index (Phi) is 4.21. The molecule has 1 fully saturated rings. The van der Waals surface area contributed by atoms with Gasteiger partial charge in [-0.05, 0) is 36.5 Å². The SMILES string of the molecule is COc1cncc([C@@H](NC(=O)c2nc3ncccn3n2)C2CC(O)C2)c1. The average Bonchev–Trinajstić information content (AvgIpc) is 3.08. The van der Waals surface area contributed by atoms with Crippen LogP contribution in [0.4, 0.5) is 0 Å². The van der Waals surface area contributed by atoms with E-state index in [1.807, 2.05) is 6.07 Å². The van der Waals surface area contributed by atoms with Crippen LogP contribution >= 0.6 is 0 Å². The van der Waals surface area contributed by atoms with Crippen LogP contribution < -0.4 is 10.1 Å². The first-order valence-corrected chi connectivity index (χ1v) is 8.29. The first-order chi connectivity index (χ1) is 12.6. The third kappa shape index (κ3) is 3.08. The van der Waals surface area contributed by atoms with Gasteiger partial charge in [-0.25, -0.2) is 9.50 Å². The van der Waals surface area contributed by atoms with Crippen LogP contribution in [0.25, 0.3) is 5.78 Å². The summed E-state index contributed by atoms with van der Waals surface area (Å²) in [4.78, 5) is 25.1. The summed E-state index contributed by atoms with van der Waals surface area (Å²) in [5.41, 5.74) is 0.816. The number of hydrogen-bond donors (Lipinski definition) is 2. The number of amides is 1. The Morgan fingerprint density at radius 2 is 2.27 bits per heavy atom. The van der Waals surface area contributed by atoms with E-state index in [0.29, 0.717) is 24.4 Å². The highest BCUT2D eigenvalue weighted by atomic mass is 16.5. The lowest BCUT2D eigenvalue weighted by Crippen LogP contribution is -2.41. The number of methoxy groups -OCH3 is 1. The van der Waals surface area contributed by atoms with Gasteiger partial charge in [0.2, 0.25) is 5.82 Å². The van der Waals surface area contributed by atoms with E-state index in [2.05, 4.69) is 25.4 Å². The Bertz CT molecular complexity index is 904. The van der Waals surface area contributed by atoms with E-state index in [-0.39, 0.29) is 23.9 Å². The van der Waals surface area contributed by atoms with Crippen LogP contribution in [0.2, 0.25) is 0 Å². The lowest BCUT2D eigenvalue weighted by atomic mass is 9.75. The fourth-order valence-electron chi connectivity index (χ4n) is 3.13. The van der Waals surface area contributed by atoms with E-state index in [1.165, 1.54) is 4.52 Å². The van der Waals surface area contributed by atoms with Crippen molar-refractivity contribution in [3.8, 4) is 5.75 Å². The molecule has 1 aliphatic carbocycles. The summed E-state index contributed by atoms with van der Waals surface area (Å²) in [6.07, 6.45) is 7.45. The molecule has 3 aromatic rings. The zero-order valence-electron chi connectivity index (χ0n) is 14.1. The number of nitrogens with one attached hydrogen (secondary N) is 1. The quantitative estimate of drug-likeness (QED) is 0.695. The minimum atomic E-state index is -0.398. The fourth-order valence-corrected chi connectivity index (χ4v) is 3.13. The lowest BCUT2D eigenvalue weighted by molar-refractivity contribution is 0.0233. The number of hydrogen-bond acceptors (Lipinski definition) is 7. The molecule has 1 saturated carbocycles. The average molecular weight is 354 g/mol. The summed E-state index contributed by atoms with van der Waals surface area (Å²) in [7, 11) is 1.56. The van der Waals surface area contributed by atoms with Crippen molar-refractivity contribution in [3.05, 3.63) is 48.3 Å². The molecule has 26 heavy (non-hydrogen) atoms. The van der Waals surface area contributed by atoms with E-state index < -0.39 is 5.91 Å². The second-order valence-electron chi connectivity index (χ2n) is 6.29. The molecule has 134 valence electrons. The number of carbonyl (C=O) groups is 1. The monoisotopic (exact) mass is 354 g/mol. The highest BCUT2D eigenvalue weighted by molar-refractivity contribution is 5.91. The van der Waals surface area contributed by atoms with Crippen molar-refractivity contribution in [1.82, 2.24) is 29.9 Å². The van der Waals surface area contributed by atoms with E-state index in [1.54, 1.807) is 38.0 Å². The smallest absolute Gasteiger partial charge is 0.291 e. The van der Waals surface area contributed by atoms with Crippen LogP contribution in [-0.4, -0.2) is 48.8 Å². The van der Waals surface area contributed by atoms with Crippen molar-refractivity contribution in [3.63, 3.8) is 0 Å². The topological polar surface area (TPSA) is 115 Å². The second-order valence-corrected chi connectivity index (χ2v) is 6.29. The first-order valence-electron chi connectivity index (χ1n) is 8.29. The summed E-state index contributed by atoms with van der Waals surface area (Å²) in [5, 5.41) is 16.8. The molecule has 2 N–H and O–H groups in total. The molecule has 0 aromatic carbocycles. The standard InChI is InChI=1S/C17H18N6O3/c1-26-13-7-11(8-18-9-13)14(10-5-12(24)6-10)20-16(25)15-21-17-19-3-2-4-23(17)22-15/h2-4,7-10,12,14,24H,5-6H2,1H3,(H,20,25)/t10?,12?,14-/m0/s1. The Morgan fingerprint density at radius 3 is 3.00 bits per heavy atom. The molecule has 0 radical (unpaired) electrons. The van der Waals surface area contributed by atoms with Gasteiger partial charge < -0.3 is 15.2 Å². The van der Waals surface area contributed by atoms with Crippen LogP contribution in [-0.2, 0) is 0 Å². The molecule has 0 saturated heterocycles. The van der Waals surface area contributed by atoms with Crippen molar-refractivity contribution in [1.29, 1.82) is 0 Å². The molecule has 9 heteroatoms. The predicted molar refractivity (Wildman–Crippen MR) is 90.5 cm³/mol. The summed E-state index contributed by atoms with van der Waals surface area (Å²) in [5.74, 6) is 0.722. The number of aliphatic hydroxyl groups excluding tert-OH is 1. The van der Waals surface area contributed by atoms with Crippen molar-refractivity contribution >= 4 is 11.7 Å². The van der Waals surface area contributed by atoms with Crippen molar-refractivity contribution in [2.75, 3.05) is 7.11 Å². The number of ether oxygens (including phenoxy) is 1. The van der Waals surface area contributed by atoms with Gasteiger partial charge in [0.05, 0.1) is 25.5 Å². The highest BCUT2D eigenvalue weighted by Gasteiger charge is 2.36. The number of aromatic nitrogens is 5. The molecule has 0 bridgehead atoms.